The van der Waals surface area contributed by atoms with Gasteiger partial charge in [-0.25, -0.2) is 0 Å². The number of benzene rings is 1. The zero-order chi connectivity index (χ0) is 15.4. The van der Waals surface area contributed by atoms with Crippen LogP contribution in [-0.4, -0.2) is 18.1 Å². The van der Waals surface area contributed by atoms with Crippen LogP contribution >= 0.6 is 0 Å². The molecule has 5 nitrogen and oxygen atoms in total. The number of anilines is 3. The van der Waals surface area contributed by atoms with E-state index in [-0.39, 0.29) is 6.10 Å². The number of nitrogens with zero attached hydrogens (tertiary/aromatic N) is 3. The molecule has 2 rings (SSSR count). The minimum Gasteiger partial charge on any atom is -0.473 e. The van der Waals surface area contributed by atoms with E-state index in [1.165, 1.54) is 0 Å². The third-order valence-electron chi connectivity index (χ3n) is 2.93. The lowest BCUT2D eigenvalue weighted by molar-refractivity contribution is 0.234. The first-order valence-corrected chi connectivity index (χ1v) is 6.68. The van der Waals surface area contributed by atoms with Crippen LogP contribution in [0.3, 0.4) is 0 Å². The first-order chi connectivity index (χ1) is 10.0. The van der Waals surface area contributed by atoms with Crippen molar-refractivity contribution >= 4 is 17.2 Å². The highest BCUT2D eigenvalue weighted by molar-refractivity contribution is 5.64. The Kier molecular flexibility index (Phi) is 4.29. The Morgan fingerprint density at radius 2 is 2.05 bits per heavy atom. The van der Waals surface area contributed by atoms with Gasteiger partial charge >= 0.3 is 0 Å². The summed E-state index contributed by atoms with van der Waals surface area (Å²) in [4.78, 5) is 6.32. The van der Waals surface area contributed by atoms with Gasteiger partial charge in [0.25, 0.3) is 0 Å². The summed E-state index contributed by atoms with van der Waals surface area (Å²) in [5.74, 6) is 1.13. The van der Waals surface area contributed by atoms with Crippen molar-refractivity contribution in [1.29, 1.82) is 5.26 Å². The zero-order valence-corrected chi connectivity index (χ0v) is 12.4. The number of nitrogens with two attached hydrogens (primary N) is 1. The highest BCUT2D eigenvalue weighted by atomic mass is 16.5. The van der Waals surface area contributed by atoms with Gasteiger partial charge < -0.3 is 15.4 Å². The molecule has 0 saturated heterocycles. The van der Waals surface area contributed by atoms with Crippen LogP contribution in [0.15, 0.2) is 36.4 Å². The molecule has 0 aliphatic heterocycles. The third-order valence-corrected chi connectivity index (χ3v) is 2.93. The van der Waals surface area contributed by atoms with Crippen LogP contribution in [0.4, 0.5) is 17.2 Å². The van der Waals surface area contributed by atoms with Crippen LogP contribution in [0.25, 0.3) is 0 Å². The summed E-state index contributed by atoms with van der Waals surface area (Å²) in [6.45, 7) is 3.85. The SMILES string of the molecule is CC(C)Oc1nc(N(C)c2cccc(C#N)c2)ccc1N. The van der Waals surface area contributed by atoms with Crippen molar-refractivity contribution in [3.8, 4) is 11.9 Å². The Morgan fingerprint density at radius 1 is 1.29 bits per heavy atom. The molecule has 1 aromatic carbocycles. The van der Waals surface area contributed by atoms with Crippen molar-refractivity contribution in [3.05, 3.63) is 42.0 Å². The fourth-order valence-corrected chi connectivity index (χ4v) is 1.86. The first kappa shape index (κ1) is 14.7. The fraction of sp³-hybridized carbons (Fsp3) is 0.250. The molecule has 1 aromatic heterocycles. The second-order valence-electron chi connectivity index (χ2n) is 4.95. The number of hydrogen-bond acceptors (Lipinski definition) is 5. The molecule has 0 amide bonds. The highest BCUT2D eigenvalue weighted by Crippen LogP contribution is 2.28. The Balaban J connectivity index is 2.34. The van der Waals surface area contributed by atoms with Crippen molar-refractivity contribution in [2.24, 2.45) is 0 Å². The van der Waals surface area contributed by atoms with Gasteiger partial charge in [-0.3, -0.25) is 0 Å². The van der Waals surface area contributed by atoms with Gasteiger partial charge in [0.2, 0.25) is 5.88 Å². The smallest absolute Gasteiger partial charge is 0.239 e. The standard InChI is InChI=1S/C16H18N4O/c1-11(2)21-16-14(18)7-8-15(19-16)20(3)13-6-4-5-12(9-13)10-17/h4-9,11H,18H2,1-3H3. The third kappa shape index (κ3) is 3.42. The van der Waals surface area contributed by atoms with Gasteiger partial charge in [0.1, 0.15) is 5.82 Å². The molecular formula is C16H18N4O. The number of nitrogen functional groups attached to an aromatic ring is 1. The van der Waals surface area contributed by atoms with E-state index in [1.807, 2.05) is 44.0 Å². The first-order valence-electron chi connectivity index (χ1n) is 6.68. The summed E-state index contributed by atoms with van der Waals surface area (Å²) >= 11 is 0. The maximum atomic E-state index is 8.97. The van der Waals surface area contributed by atoms with Gasteiger partial charge in [-0.2, -0.15) is 10.2 Å². The van der Waals surface area contributed by atoms with Crippen LogP contribution in [-0.2, 0) is 0 Å². The molecule has 5 heteroatoms. The lowest BCUT2D eigenvalue weighted by atomic mass is 10.2. The summed E-state index contributed by atoms with van der Waals surface area (Å²) in [6, 6.07) is 13.0. The van der Waals surface area contributed by atoms with E-state index >= 15 is 0 Å². The van der Waals surface area contributed by atoms with Crippen LogP contribution in [0.1, 0.15) is 19.4 Å². The van der Waals surface area contributed by atoms with Gasteiger partial charge in [-0.1, -0.05) is 6.07 Å². The minimum absolute atomic E-state index is 0.00210. The maximum Gasteiger partial charge on any atom is 0.239 e. The Morgan fingerprint density at radius 3 is 2.71 bits per heavy atom. The van der Waals surface area contributed by atoms with Crippen LogP contribution in [0.5, 0.6) is 5.88 Å². The van der Waals surface area contributed by atoms with Gasteiger partial charge in [-0.05, 0) is 44.2 Å². The van der Waals surface area contributed by atoms with E-state index in [4.69, 9.17) is 15.7 Å². The highest BCUT2D eigenvalue weighted by Gasteiger charge is 2.11. The molecule has 0 aliphatic rings. The maximum absolute atomic E-state index is 8.97. The molecule has 0 unspecified atom stereocenters. The summed E-state index contributed by atoms with van der Waals surface area (Å²) in [6.07, 6.45) is 0.00210. The molecule has 0 aliphatic carbocycles. The van der Waals surface area contributed by atoms with Crippen molar-refractivity contribution in [3.63, 3.8) is 0 Å². The van der Waals surface area contributed by atoms with E-state index < -0.39 is 0 Å². The summed E-state index contributed by atoms with van der Waals surface area (Å²) in [5, 5.41) is 8.97. The molecule has 108 valence electrons. The lowest BCUT2D eigenvalue weighted by Crippen LogP contribution is -2.14. The van der Waals surface area contributed by atoms with Crippen LogP contribution in [0.2, 0.25) is 0 Å². The summed E-state index contributed by atoms with van der Waals surface area (Å²) in [7, 11) is 1.88. The molecule has 0 radical (unpaired) electrons. The van der Waals surface area contributed by atoms with Gasteiger partial charge in [0.15, 0.2) is 0 Å². The van der Waals surface area contributed by atoms with E-state index in [0.29, 0.717) is 22.9 Å². The normalized spacial score (nSPS) is 10.2. The summed E-state index contributed by atoms with van der Waals surface area (Å²) < 4.78 is 5.60. The lowest BCUT2D eigenvalue weighted by Gasteiger charge is -2.20. The molecule has 2 aromatic rings. The second-order valence-corrected chi connectivity index (χ2v) is 4.95. The predicted molar refractivity (Wildman–Crippen MR) is 83.6 cm³/mol. The fourth-order valence-electron chi connectivity index (χ4n) is 1.86. The van der Waals surface area contributed by atoms with Gasteiger partial charge in [0, 0.05) is 12.7 Å². The monoisotopic (exact) mass is 282 g/mol. The average molecular weight is 282 g/mol. The Hall–Kier alpha value is -2.74. The van der Waals surface area contributed by atoms with Crippen molar-refractivity contribution < 1.29 is 4.74 Å². The molecular weight excluding hydrogens is 264 g/mol. The van der Waals surface area contributed by atoms with E-state index in [2.05, 4.69) is 11.1 Å². The Labute approximate surface area is 124 Å². The quantitative estimate of drug-likeness (QED) is 0.932. The number of rotatable bonds is 4. The van der Waals surface area contributed by atoms with E-state index in [0.717, 1.165) is 5.69 Å². The van der Waals surface area contributed by atoms with Gasteiger partial charge in [0.05, 0.1) is 23.4 Å². The minimum atomic E-state index is 0.00210. The topological polar surface area (TPSA) is 75.2 Å². The van der Waals surface area contributed by atoms with Crippen molar-refractivity contribution in [2.45, 2.75) is 20.0 Å². The van der Waals surface area contributed by atoms with Gasteiger partial charge in [-0.15, -0.1) is 0 Å². The molecule has 2 N–H and O–H groups in total. The number of nitriles is 1. The number of aromatic nitrogens is 1. The van der Waals surface area contributed by atoms with E-state index in [1.54, 1.807) is 18.2 Å². The zero-order valence-electron chi connectivity index (χ0n) is 12.4. The molecule has 0 bridgehead atoms. The molecule has 0 atom stereocenters. The summed E-state index contributed by atoms with van der Waals surface area (Å²) in [5.41, 5.74) is 7.86. The van der Waals surface area contributed by atoms with E-state index in [9.17, 15) is 0 Å². The average Bonchev–Trinajstić information content (AvgIpc) is 2.48. The van der Waals surface area contributed by atoms with Crippen molar-refractivity contribution in [1.82, 2.24) is 4.98 Å². The van der Waals surface area contributed by atoms with Crippen LogP contribution in [0, 0.1) is 11.3 Å². The van der Waals surface area contributed by atoms with Crippen LogP contribution < -0.4 is 15.4 Å². The number of ether oxygens (including phenoxy) is 1. The number of pyridine rings is 1. The molecule has 0 spiro atoms. The molecule has 0 fully saturated rings. The molecule has 0 saturated carbocycles. The Bertz CT molecular complexity index is 676. The molecule has 1 heterocycles. The molecule has 21 heavy (non-hydrogen) atoms. The second kappa shape index (κ2) is 6.14. The van der Waals surface area contributed by atoms with Crippen molar-refractivity contribution in [2.75, 3.05) is 17.7 Å². The largest absolute Gasteiger partial charge is 0.473 e. The number of hydrogen-bond donors (Lipinski definition) is 1. The predicted octanol–water partition coefficient (Wildman–Crippen LogP) is 3.09.